The van der Waals surface area contributed by atoms with Crippen molar-refractivity contribution in [3.05, 3.63) is 28.5 Å². The van der Waals surface area contributed by atoms with E-state index in [0.717, 1.165) is 11.0 Å². The summed E-state index contributed by atoms with van der Waals surface area (Å²) >= 11 is 5.33. The van der Waals surface area contributed by atoms with Crippen molar-refractivity contribution >= 4 is 34.1 Å². The second kappa shape index (κ2) is 4.74. The Balaban J connectivity index is 2.59. The number of H-pyrrole nitrogens is 1. The molecule has 3 nitrogen and oxygen atoms in total. The number of hydrogen-bond donors (Lipinski definition) is 1. The molecular formula is C12H16N2OS2. The molecule has 92 valence electrons. The number of nitrogens with zero attached hydrogens (tertiary/aromatic N) is 1. The van der Waals surface area contributed by atoms with E-state index in [1.54, 1.807) is 6.26 Å². The third kappa shape index (κ3) is 2.50. The smallest absolute Gasteiger partial charge is 0.178 e. The predicted molar refractivity (Wildman–Crippen MR) is 75.5 cm³/mol. The first-order valence-corrected chi connectivity index (χ1v) is 7.63. The molecule has 0 aliphatic carbocycles. The van der Waals surface area contributed by atoms with Crippen molar-refractivity contribution in [2.24, 2.45) is 0 Å². The summed E-state index contributed by atoms with van der Waals surface area (Å²) in [5.74, 6) is 0.620. The molecule has 2 atom stereocenters. The van der Waals surface area contributed by atoms with E-state index >= 15 is 0 Å². The molecule has 1 aromatic heterocycles. The van der Waals surface area contributed by atoms with Gasteiger partial charge in [0.25, 0.3) is 0 Å². The van der Waals surface area contributed by atoms with Crippen LogP contribution in [-0.2, 0) is 10.8 Å². The second-order valence-electron chi connectivity index (χ2n) is 4.41. The van der Waals surface area contributed by atoms with Gasteiger partial charge in [0.05, 0.1) is 11.0 Å². The van der Waals surface area contributed by atoms with Crippen molar-refractivity contribution in [1.82, 2.24) is 9.55 Å². The van der Waals surface area contributed by atoms with E-state index in [2.05, 4.69) is 28.6 Å². The van der Waals surface area contributed by atoms with Crippen molar-refractivity contribution in [2.75, 3.05) is 12.0 Å². The standard InChI is InChI=1S/C12H16N2OS2/c1-8-4-5-10-11(6-8)14(12(16)13-10)9(2)7-17(3)15/h4-6,9H,7H2,1-3H3,(H,13,16). The molecule has 2 rings (SSSR count). The van der Waals surface area contributed by atoms with Crippen LogP contribution >= 0.6 is 12.2 Å². The fourth-order valence-electron chi connectivity index (χ4n) is 2.08. The summed E-state index contributed by atoms with van der Waals surface area (Å²) in [6, 6.07) is 6.34. The molecule has 1 aromatic carbocycles. The lowest BCUT2D eigenvalue weighted by Crippen LogP contribution is -2.12. The van der Waals surface area contributed by atoms with Crippen LogP contribution in [0.2, 0.25) is 0 Å². The van der Waals surface area contributed by atoms with Crippen LogP contribution in [0.1, 0.15) is 18.5 Å². The Bertz CT molecular complexity index is 627. The molecule has 0 saturated heterocycles. The second-order valence-corrected chi connectivity index (χ2v) is 6.28. The molecule has 17 heavy (non-hydrogen) atoms. The molecule has 0 aliphatic rings. The fourth-order valence-corrected chi connectivity index (χ4v) is 3.30. The maximum absolute atomic E-state index is 11.3. The van der Waals surface area contributed by atoms with Gasteiger partial charge in [0, 0.05) is 28.9 Å². The highest BCUT2D eigenvalue weighted by atomic mass is 32.2. The SMILES string of the molecule is Cc1ccc2[nH]c(=S)n(C(C)CS(C)=O)c2c1. The minimum atomic E-state index is -0.818. The van der Waals surface area contributed by atoms with Crippen molar-refractivity contribution in [1.29, 1.82) is 0 Å². The molecule has 0 spiro atoms. The third-order valence-electron chi connectivity index (χ3n) is 2.79. The zero-order valence-electron chi connectivity index (χ0n) is 10.2. The number of imidazole rings is 1. The minimum Gasteiger partial charge on any atom is -0.331 e. The van der Waals surface area contributed by atoms with E-state index in [4.69, 9.17) is 12.2 Å². The van der Waals surface area contributed by atoms with Crippen LogP contribution in [0.15, 0.2) is 18.2 Å². The normalized spacial score (nSPS) is 15.0. The summed E-state index contributed by atoms with van der Waals surface area (Å²) in [7, 11) is -0.818. The highest BCUT2D eigenvalue weighted by molar-refractivity contribution is 7.84. The van der Waals surface area contributed by atoms with Crippen LogP contribution < -0.4 is 0 Å². The molecule has 1 heterocycles. The highest BCUT2D eigenvalue weighted by Gasteiger charge is 2.12. The fraction of sp³-hybridized carbons (Fsp3) is 0.417. The molecule has 5 heteroatoms. The Hall–Kier alpha value is -0.940. The highest BCUT2D eigenvalue weighted by Crippen LogP contribution is 2.20. The molecule has 2 aromatic rings. The number of aromatic nitrogens is 2. The quantitative estimate of drug-likeness (QED) is 0.869. The van der Waals surface area contributed by atoms with Crippen LogP contribution in [0.5, 0.6) is 0 Å². The summed E-state index contributed by atoms with van der Waals surface area (Å²) in [6.45, 7) is 4.11. The molecule has 0 radical (unpaired) electrons. The summed E-state index contributed by atoms with van der Waals surface area (Å²) in [5, 5.41) is 0. The third-order valence-corrected chi connectivity index (χ3v) is 4.04. The molecular weight excluding hydrogens is 252 g/mol. The lowest BCUT2D eigenvalue weighted by atomic mass is 10.2. The largest absolute Gasteiger partial charge is 0.331 e. The van der Waals surface area contributed by atoms with Crippen LogP contribution in [0.3, 0.4) is 0 Å². The maximum atomic E-state index is 11.3. The number of benzene rings is 1. The Morgan fingerprint density at radius 3 is 2.88 bits per heavy atom. The van der Waals surface area contributed by atoms with E-state index < -0.39 is 10.8 Å². The van der Waals surface area contributed by atoms with E-state index in [-0.39, 0.29) is 6.04 Å². The summed E-state index contributed by atoms with van der Waals surface area (Å²) in [6.07, 6.45) is 1.72. The molecule has 0 aliphatic heterocycles. The number of aromatic amines is 1. The van der Waals surface area contributed by atoms with Crippen molar-refractivity contribution < 1.29 is 4.21 Å². The van der Waals surface area contributed by atoms with Gasteiger partial charge in [-0.3, -0.25) is 4.21 Å². The zero-order chi connectivity index (χ0) is 12.6. The van der Waals surface area contributed by atoms with E-state index in [1.165, 1.54) is 5.56 Å². The van der Waals surface area contributed by atoms with Gasteiger partial charge in [0.2, 0.25) is 0 Å². The first-order chi connectivity index (χ1) is 7.99. The van der Waals surface area contributed by atoms with Gasteiger partial charge in [0.15, 0.2) is 4.77 Å². The average Bonchev–Trinajstić information content (AvgIpc) is 2.52. The first kappa shape index (κ1) is 12.5. The van der Waals surface area contributed by atoms with Gasteiger partial charge in [-0.25, -0.2) is 0 Å². The van der Waals surface area contributed by atoms with Crippen molar-refractivity contribution in [3.8, 4) is 0 Å². The molecule has 1 N–H and O–H groups in total. The number of aryl methyl sites for hydroxylation is 1. The molecule has 0 saturated carbocycles. The van der Waals surface area contributed by atoms with Gasteiger partial charge < -0.3 is 9.55 Å². The molecule has 2 unspecified atom stereocenters. The zero-order valence-corrected chi connectivity index (χ0v) is 11.8. The Kier molecular flexibility index (Phi) is 3.49. The van der Waals surface area contributed by atoms with Gasteiger partial charge in [-0.2, -0.15) is 0 Å². The number of hydrogen-bond acceptors (Lipinski definition) is 2. The summed E-state index contributed by atoms with van der Waals surface area (Å²) in [5.41, 5.74) is 3.33. The van der Waals surface area contributed by atoms with E-state index in [0.29, 0.717) is 10.5 Å². The Labute approximate surface area is 108 Å². The van der Waals surface area contributed by atoms with Gasteiger partial charge in [-0.15, -0.1) is 0 Å². The predicted octanol–water partition coefficient (Wildman–Crippen LogP) is 2.95. The van der Waals surface area contributed by atoms with Gasteiger partial charge in [0.1, 0.15) is 0 Å². The molecule has 0 amide bonds. The van der Waals surface area contributed by atoms with Crippen molar-refractivity contribution in [2.45, 2.75) is 19.9 Å². The summed E-state index contributed by atoms with van der Waals surface area (Å²) in [4.78, 5) is 3.19. The first-order valence-electron chi connectivity index (χ1n) is 5.50. The average molecular weight is 268 g/mol. The minimum absolute atomic E-state index is 0.142. The lowest BCUT2D eigenvalue weighted by Gasteiger charge is -2.13. The van der Waals surface area contributed by atoms with Crippen LogP contribution in [0.25, 0.3) is 11.0 Å². The summed E-state index contributed by atoms with van der Waals surface area (Å²) < 4.78 is 14.1. The number of rotatable bonds is 3. The van der Waals surface area contributed by atoms with Crippen LogP contribution in [-0.4, -0.2) is 25.8 Å². The van der Waals surface area contributed by atoms with Crippen molar-refractivity contribution in [3.63, 3.8) is 0 Å². The van der Waals surface area contributed by atoms with Gasteiger partial charge in [-0.1, -0.05) is 6.07 Å². The van der Waals surface area contributed by atoms with E-state index in [9.17, 15) is 4.21 Å². The van der Waals surface area contributed by atoms with Gasteiger partial charge in [-0.05, 0) is 43.8 Å². The lowest BCUT2D eigenvalue weighted by molar-refractivity contribution is 0.605. The number of nitrogens with one attached hydrogen (secondary N) is 1. The van der Waals surface area contributed by atoms with Crippen LogP contribution in [0, 0.1) is 11.7 Å². The van der Waals surface area contributed by atoms with Gasteiger partial charge >= 0.3 is 0 Å². The Morgan fingerprint density at radius 2 is 2.24 bits per heavy atom. The Morgan fingerprint density at radius 1 is 1.53 bits per heavy atom. The molecule has 0 bridgehead atoms. The van der Waals surface area contributed by atoms with E-state index in [1.807, 2.05) is 13.0 Å². The molecule has 0 fully saturated rings. The topological polar surface area (TPSA) is 37.8 Å². The monoisotopic (exact) mass is 268 g/mol. The number of fused-ring (bicyclic) bond motifs is 1. The van der Waals surface area contributed by atoms with Crippen LogP contribution in [0.4, 0.5) is 0 Å². The maximum Gasteiger partial charge on any atom is 0.178 e.